The molecule has 100 valence electrons. The summed E-state index contributed by atoms with van der Waals surface area (Å²) in [6.45, 7) is 6.41. The van der Waals surface area contributed by atoms with E-state index >= 15 is 0 Å². The predicted molar refractivity (Wildman–Crippen MR) is 70.9 cm³/mol. The average molecular weight is 251 g/mol. The van der Waals surface area contributed by atoms with Crippen molar-refractivity contribution in [1.29, 1.82) is 0 Å². The van der Waals surface area contributed by atoms with Crippen molar-refractivity contribution in [3.63, 3.8) is 0 Å². The molecule has 0 radical (unpaired) electrons. The van der Waals surface area contributed by atoms with E-state index in [-0.39, 0.29) is 12.6 Å². The number of likely N-dealkylation sites (N-methyl/N-ethyl adjacent to an activating group) is 1. The van der Waals surface area contributed by atoms with Crippen molar-refractivity contribution >= 4 is 5.97 Å². The highest BCUT2D eigenvalue weighted by molar-refractivity contribution is 5.75. The fourth-order valence-corrected chi connectivity index (χ4v) is 1.55. The highest BCUT2D eigenvalue weighted by Gasteiger charge is 2.18. The summed E-state index contributed by atoms with van der Waals surface area (Å²) in [5.41, 5.74) is 2.19. The molecule has 0 amide bonds. The number of benzene rings is 1. The lowest BCUT2D eigenvalue weighted by atomic mass is 10.1. The number of nitrogens with one attached hydrogen (secondary N) is 1. The van der Waals surface area contributed by atoms with E-state index in [4.69, 9.17) is 9.47 Å². The largest absolute Gasteiger partial charge is 0.491 e. The summed E-state index contributed by atoms with van der Waals surface area (Å²) in [7, 11) is 1.72. The van der Waals surface area contributed by atoms with Crippen molar-refractivity contribution in [2.24, 2.45) is 0 Å². The zero-order valence-electron chi connectivity index (χ0n) is 11.4. The first kappa shape index (κ1) is 14.5. The van der Waals surface area contributed by atoms with Gasteiger partial charge in [-0.05, 0) is 45.0 Å². The van der Waals surface area contributed by atoms with Crippen LogP contribution < -0.4 is 10.1 Å². The van der Waals surface area contributed by atoms with E-state index < -0.39 is 6.04 Å². The van der Waals surface area contributed by atoms with Crippen LogP contribution in [0.25, 0.3) is 0 Å². The quantitative estimate of drug-likeness (QED) is 0.784. The maximum atomic E-state index is 11.6. The molecule has 0 saturated carbocycles. The van der Waals surface area contributed by atoms with Crippen LogP contribution in [-0.4, -0.2) is 32.3 Å². The second kappa shape index (κ2) is 7.01. The van der Waals surface area contributed by atoms with Crippen LogP contribution in [0.3, 0.4) is 0 Å². The summed E-state index contributed by atoms with van der Waals surface area (Å²) in [6, 6.07) is 5.56. The third kappa shape index (κ3) is 4.04. The van der Waals surface area contributed by atoms with Gasteiger partial charge in [-0.25, -0.2) is 0 Å². The van der Waals surface area contributed by atoms with Crippen LogP contribution in [-0.2, 0) is 9.53 Å². The van der Waals surface area contributed by atoms with E-state index in [1.807, 2.05) is 32.0 Å². The van der Waals surface area contributed by atoms with Crippen molar-refractivity contribution in [2.75, 3.05) is 20.3 Å². The Kier molecular flexibility index (Phi) is 5.65. The fraction of sp³-hybridized carbons (Fsp3) is 0.500. The lowest BCUT2D eigenvalue weighted by molar-refractivity contribution is -0.146. The maximum absolute atomic E-state index is 11.6. The van der Waals surface area contributed by atoms with Gasteiger partial charge in [0.2, 0.25) is 0 Å². The SMILES string of the molecule is CCOC(=O)C(COc1cc(C)ccc1C)NC. The van der Waals surface area contributed by atoms with E-state index in [0.29, 0.717) is 6.61 Å². The molecule has 0 aromatic heterocycles. The molecule has 1 aromatic carbocycles. The number of hydrogen-bond donors (Lipinski definition) is 1. The van der Waals surface area contributed by atoms with E-state index in [9.17, 15) is 4.79 Å². The predicted octanol–water partition coefficient (Wildman–Crippen LogP) is 1.83. The molecule has 0 aliphatic rings. The number of aryl methyl sites for hydroxylation is 2. The molecule has 18 heavy (non-hydrogen) atoms. The zero-order valence-corrected chi connectivity index (χ0v) is 11.4. The molecule has 0 spiro atoms. The average Bonchev–Trinajstić information content (AvgIpc) is 2.34. The van der Waals surface area contributed by atoms with Crippen LogP contribution in [0.15, 0.2) is 18.2 Å². The molecular formula is C14H21NO3. The van der Waals surface area contributed by atoms with Gasteiger partial charge in [0.15, 0.2) is 0 Å². The van der Waals surface area contributed by atoms with Crippen molar-refractivity contribution in [3.05, 3.63) is 29.3 Å². The van der Waals surface area contributed by atoms with E-state index in [1.54, 1.807) is 14.0 Å². The molecule has 4 heteroatoms. The van der Waals surface area contributed by atoms with Crippen LogP contribution in [0.2, 0.25) is 0 Å². The van der Waals surface area contributed by atoms with Gasteiger partial charge in [-0.15, -0.1) is 0 Å². The van der Waals surface area contributed by atoms with Crippen molar-refractivity contribution in [1.82, 2.24) is 5.32 Å². The maximum Gasteiger partial charge on any atom is 0.326 e. The van der Waals surface area contributed by atoms with Crippen molar-refractivity contribution in [3.8, 4) is 5.75 Å². The van der Waals surface area contributed by atoms with Crippen molar-refractivity contribution in [2.45, 2.75) is 26.8 Å². The third-order valence-electron chi connectivity index (χ3n) is 2.67. The minimum atomic E-state index is -0.440. The zero-order chi connectivity index (χ0) is 13.5. The Morgan fingerprint density at radius 1 is 1.39 bits per heavy atom. The standard InChI is InChI=1S/C14H21NO3/c1-5-17-14(16)12(15-4)9-18-13-8-10(2)6-7-11(13)3/h6-8,12,15H,5,9H2,1-4H3. The first-order valence-corrected chi connectivity index (χ1v) is 6.12. The summed E-state index contributed by atoms with van der Waals surface area (Å²) in [6.07, 6.45) is 0. The molecule has 0 aliphatic heterocycles. The lowest BCUT2D eigenvalue weighted by Crippen LogP contribution is -2.40. The van der Waals surface area contributed by atoms with E-state index in [0.717, 1.165) is 16.9 Å². The summed E-state index contributed by atoms with van der Waals surface area (Å²) in [5.74, 6) is 0.518. The highest BCUT2D eigenvalue weighted by Crippen LogP contribution is 2.19. The molecule has 0 saturated heterocycles. The number of rotatable bonds is 6. The van der Waals surface area contributed by atoms with Gasteiger partial charge in [0.1, 0.15) is 18.4 Å². The Balaban J connectivity index is 2.62. The molecular weight excluding hydrogens is 230 g/mol. The van der Waals surface area contributed by atoms with Crippen LogP contribution in [0, 0.1) is 13.8 Å². The number of ether oxygens (including phenoxy) is 2. The number of carbonyl (C=O) groups is 1. The minimum absolute atomic E-state index is 0.264. The monoisotopic (exact) mass is 251 g/mol. The van der Waals surface area contributed by atoms with Crippen LogP contribution in [0.1, 0.15) is 18.1 Å². The summed E-state index contributed by atoms with van der Waals surface area (Å²) >= 11 is 0. The Labute approximate surface area is 108 Å². The smallest absolute Gasteiger partial charge is 0.326 e. The summed E-state index contributed by atoms with van der Waals surface area (Å²) in [4.78, 5) is 11.6. The van der Waals surface area contributed by atoms with Gasteiger partial charge in [-0.2, -0.15) is 0 Å². The van der Waals surface area contributed by atoms with Crippen LogP contribution >= 0.6 is 0 Å². The molecule has 1 rings (SSSR count). The normalized spacial score (nSPS) is 12.0. The van der Waals surface area contributed by atoms with Crippen LogP contribution in [0.5, 0.6) is 5.75 Å². The number of hydrogen-bond acceptors (Lipinski definition) is 4. The Hall–Kier alpha value is -1.55. The van der Waals surface area contributed by atoms with Gasteiger partial charge < -0.3 is 14.8 Å². The summed E-state index contributed by atoms with van der Waals surface area (Å²) in [5, 5.41) is 2.89. The number of esters is 1. The molecule has 0 heterocycles. The molecule has 0 aliphatic carbocycles. The lowest BCUT2D eigenvalue weighted by Gasteiger charge is -2.16. The van der Waals surface area contributed by atoms with Gasteiger partial charge >= 0.3 is 5.97 Å². The molecule has 1 unspecified atom stereocenters. The van der Waals surface area contributed by atoms with E-state index in [1.165, 1.54) is 0 Å². The van der Waals surface area contributed by atoms with Gasteiger partial charge in [0, 0.05) is 0 Å². The van der Waals surface area contributed by atoms with E-state index in [2.05, 4.69) is 5.32 Å². The Morgan fingerprint density at radius 2 is 2.11 bits per heavy atom. The highest BCUT2D eigenvalue weighted by atomic mass is 16.5. The molecule has 1 aromatic rings. The molecule has 0 bridgehead atoms. The second-order valence-electron chi connectivity index (χ2n) is 4.17. The first-order chi connectivity index (χ1) is 8.58. The molecule has 1 atom stereocenters. The summed E-state index contributed by atoms with van der Waals surface area (Å²) < 4.78 is 10.6. The van der Waals surface area contributed by atoms with Gasteiger partial charge in [0.05, 0.1) is 6.61 Å². The minimum Gasteiger partial charge on any atom is -0.491 e. The number of carbonyl (C=O) groups excluding carboxylic acids is 1. The van der Waals surface area contributed by atoms with Gasteiger partial charge in [-0.1, -0.05) is 12.1 Å². The third-order valence-corrected chi connectivity index (χ3v) is 2.67. The Morgan fingerprint density at radius 3 is 2.72 bits per heavy atom. The first-order valence-electron chi connectivity index (χ1n) is 6.12. The fourth-order valence-electron chi connectivity index (χ4n) is 1.55. The van der Waals surface area contributed by atoms with Gasteiger partial charge in [-0.3, -0.25) is 4.79 Å². The van der Waals surface area contributed by atoms with Gasteiger partial charge in [0.25, 0.3) is 0 Å². The molecule has 1 N–H and O–H groups in total. The molecule has 4 nitrogen and oxygen atoms in total. The Bertz CT molecular complexity index is 404. The topological polar surface area (TPSA) is 47.6 Å². The molecule has 0 fully saturated rings. The van der Waals surface area contributed by atoms with Crippen molar-refractivity contribution < 1.29 is 14.3 Å². The second-order valence-corrected chi connectivity index (χ2v) is 4.17. The van der Waals surface area contributed by atoms with Crippen LogP contribution in [0.4, 0.5) is 0 Å².